The Kier molecular flexibility index (Phi) is 8.73. The zero-order chi connectivity index (χ0) is 30.7. The van der Waals surface area contributed by atoms with Gasteiger partial charge in [-0.05, 0) is 73.2 Å². The van der Waals surface area contributed by atoms with Crippen molar-refractivity contribution < 1.29 is 29.0 Å². The van der Waals surface area contributed by atoms with Crippen molar-refractivity contribution in [3.8, 4) is 11.1 Å². The molecule has 0 radical (unpaired) electrons. The van der Waals surface area contributed by atoms with Crippen LogP contribution in [0.4, 0.5) is 10.5 Å². The number of carboxylic acids is 1. The van der Waals surface area contributed by atoms with Crippen LogP contribution < -0.4 is 10.2 Å². The lowest BCUT2D eigenvalue weighted by atomic mass is 9.98. The Morgan fingerprint density at radius 3 is 2.12 bits per heavy atom. The number of carbonyl (C=O) groups excluding carboxylic acids is 2. The molecule has 0 unspecified atom stereocenters. The van der Waals surface area contributed by atoms with Crippen molar-refractivity contribution in [2.75, 3.05) is 44.2 Å². The van der Waals surface area contributed by atoms with E-state index in [2.05, 4.69) is 34.5 Å². The Hall–Kier alpha value is -4.37. The van der Waals surface area contributed by atoms with E-state index in [1.807, 2.05) is 51.1 Å². The molecule has 9 nitrogen and oxygen atoms in total. The van der Waals surface area contributed by atoms with E-state index in [9.17, 15) is 19.5 Å². The van der Waals surface area contributed by atoms with Crippen molar-refractivity contribution in [2.45, 2.75) is 45.8 Å². The van der Waals surface area contributed by atoms with E-state index < -0.39 is 11.6 Å². The zero-order valence-electron chi connectivity index (χ0n) is 25.2. The second-order valence-corrected chi connectivity index (χ2v) is 12.1. The summed E-state index contributed by atoms with van der Waals surface area (Å²) in [5.74, 6) is -1.38. The summed E-state index contributed by atoms with van der Waals surface area (Å²) >= 11 is 0. The minimum absolute atomic E-state index is 0.00184. The fraction of sp³-hybridized carbons (Fsp3) is 0.382. The van der Waals surface area contributed by atoms with Crippen molar-refractivity contribution in [1.29, 1.82) is 0 Å². The highest BCUT2D eigenvalue weighted by Crippen LogP contribution is 2.44. The van der Waals surface area contributed by atoms with E-state index in [1.165, 1.54) is 22.3 Å². The molecule has 1 aliphatic heterocycles. The van der Waals surface area contributed by atoms with E-state index in [0.29, 0.717) is 38.3 Å². The van der Waals surface area contributed by atoms with Gasteiger partial charge in [0.15, 0.2) is 0 Å². The van der Waals surface area contributed by atoms with Crippen LogP contribution in [0.3, 0.4) is 0 Å². The molecule has 226 valence electrons. The molecule has 5 rings (SSSR count). The Morgan fingerprint density at radius 2 is 1.53 bits per heavy atom. The molecule has 3 aromatic carbocycles. The highest BCUT2D eigenvalue weighted by molar-refractivity contribution is 5.91. The Balaban J connectivity index is 1.19. The molecular weight excluding hydrogens is 546 g/mol. The molecule has 1 amide bonds. The van der Waals surface area contributed by atoms with Gasteiger partial charge in [-0.15, -0.1) is 0 Å². The summed E-state index contributed by atoms with van der Waals surface area (Å²) in [7, 11) is 0. The molecular formula is C34H39N3O6. The minimum Gasteiger partial charge on any atom is -0.478 e. The van der Waals surface area contributed by atoms with Crippen LogP contribution in [-0.4, -0.2) is 73.0 Å². The Labute approximate surface area is 252 Å². The van der Waals surface area contributed by atoms with Crippen molar-refractivity contribution in [3.63, 3.8) is 0 Å². The largest absolute Gasteiger partial charge is 0.478 e. The van der Waals surface area contributed by atoms with Crippen LogP contribution in [0.2, 0.25) is 0 Å². The number of fused-ring (bicyclic) bond motifs is 3. The Morgan fingerprint density at radius 1 is 0.930 bits per heavy atom. The first-order valence-corrected chi connectivity index (χ1v) is 14.7. The number of rotatable bonds is 8. The van der Waals surface area contributed by atoms with Gasteiger partial charge in [0, 0.05) is 44.3 Å². The molecule has 2 N–H and O–H groups in total. The molecule has 1 fully saturated rings. The summed E-state index contributed by atoms with van der Waals surface area (Å²) in [5.41, 5.74) is 6.56. The summed E-state index contributed by atoms with van der Waals surface area (Å²) in [5, 5.41) is 12.9. The van der Waals surface area contributed by atoms with Crippen LogP contribution in [-0.2, 0) is 20.8 Å². The molecule has 2 aliphatic rings. The third-order valence-corrected chi connectivity index (χ3v) is 7.97. The monoisotopic (exact) mass is 585 g/mol. The lowest BCUT2D eigenvalue weighted by molar-refractivity contribution is -0.153. The smallest absolute Gasteiger partial charge is 0.409 e. The van der Waals surface area contributed by atoms with E-state index in [1.54, 1.807) is 17.9 Å². The van der Waals surface area contributed by atoms with Crippen LogP contribution in [0.5, 0.6) is 0 Å². The zero-order valence-corrected chi connectivity index (χ0v) is 25.2. The van der Waals surface area contributed by atoms with Crippen LogP contribution in [0, 0.1) is 6.92 Å². The molecule has 9 heteroatoms. The molecule has 0 atom stereocenters. The summed E-state index contributed by atoms with van der Waals surface area (Å²) in [6.45, 7) is 9.80. The fourth-order valence-electron chi connectivity index (χ4n) is 5.86. The summed E-state index contributed by atoms with van der Waals surface area (Å²) in [6.07, 6.45) is -0.344. The minimum atomic E-state index is -1.01. The number of amides is 1. The number of nitrogens with one attached hydrogen (secondary N) is 1. The van der Waals surface area contributed by atoms with Gasteiger partial charge in [0.2, 0.25) is 0 Å². The lowest BCUT2D eigenvalue weighted by Crippen LogP contribution is -2.49. The van der Waals surface area contributed by atoms with Gasteiger partial charge in [-0.3, -0.25) is 4.79 Å². The lowest BCUT2D eigenvalue weighted by Gasteiger charge is -2.36. The van der Waals surface area contributed by atoms with Crippen LogP contribution in [0.15, 0.2) is 60.7 Å². The van der Waals surface area contributed by atoms with Crippen LogP contribution >= 0.6 is 0 Å². The van der Waals surface area contributed by atoms with E-state index in [0.717, 1.165) is 11.3 Å². The highest BCUT2D eigenvalue weighted by atomic mass is 16.6. The van der Waals surface area contributed by atoms with Gasteiger partial charge in [0.25, 0.3) is 0 Å². The van der Waals surface area contributed by atoms with Gasteiger partial charge in [-0.2, -0.15) is 0 Å². The predicted octanol–water partition coefficient (Wildman–Crippen LogP) is 5.20. The molecule has 1 saturated heterocycles. The second-order valence-electron chi connectivity index (χ2n) is 12.1. The molecule has 0 aromatic heterocycles. The van der Waals surface area contributed by atoms with Gasteiger partial charge in [-0.25, -0.2) is 9.59 Å². The molecule has 1 aliphatic carbocycles. The molecule has 0 saturated carbocycles. The van der Waals surface area contributed by atoms with Gasteiger partial charge >= 0.3 is 18.0 Å². The summed E-state index contributed by atoms with van der Waals surface area (Å²) in [6, 6.07) is 20.1. The third kappa shape index (κ3) is 6.83. The van der Waals surface area contributed by atoms with Crippen molar-refractivity contribution in [2.24, 2.45) is 0 Å². The molecule has 1 heterocycles. The summed E-state index contributed by atoms with van der Waals surface area (Å²) in [4.78, 5) is 41.0. The normalized spacial score (nSPS) is 14.7. The van der Waals surface area contributed by atoms with Crippen LogP contribution in [0.25, 0.3) is 11.1 Å². The number of carbonyl (C=O) groups is 3. The number of piperazine rings is 1. The number of ether oxygens (including phenoxy) is 2. The van der Waals surface area contributed by atoms with E-state index in [4.69, 9.17) is 9.47 Å². The standard InChI is InChI=1S/C34H39N3O6/c1-22-23(19-35-20-31(38)43-34(2,3)4)17-24(18-29(22)32(39)40)36-13-15-37(16-14-36)33(41)42-21-30-27-11-7-5-9-25(27)26-10-6-8-12-28(26)30/h5-12,17-18,30,35H,13-16,19-21H2,1-4H3,(H,39,40). The average Bonchev–Trinajstić information content (AvgIpc) is 3.29. The van der Waals surface area contributed by atoms with Gasteiger partial charge in [0.1, 0.15) is 12.2 Å². The van der Waals surface area contributed by atoms with Crippen molar-refractivity contribution in [1.82, 2.24) is 10.2 Å². The topological polar surface area (TPSA) is 108 Å². The Bertz CT molecular complexity index is 1480. The molecule has 43 heavy (non-hydrogen) atoms. The van der Waals surface area contributed by atoms with Crippen molar-refractivity contribution >= 4 is 23.7 Å². The van der Waals surface area contributed by atoms with E-state index >= 15 is 0 Å². The maximum Gasteiger partial charge on any atom is 0.409 e. The number of esters is 1. The number of nitrogens with zero attached hydrogens (tertiary/aromatic N) is 2. The number of anilines is 1. The number of aromatic carboxylic acids is 1. The number of benzene rings is 3. The maximum absolute atomic E-state index is 13.1. The first-order valence-electron chi connectivity index (χ1n) is 14.7. The molecule has 0 bridgehead atoms. The maximum atomic E-state index is 13.1. The third-order valence-electron chi connectivity index (χ3n) is 7.97. The van der Waals surface area contributed by atoms with Gasteiger partial charge in [-0.1, -0.05) is 48.5 Å². The second kappa shape index (κ2) is 12.5. The SMILES string of the molecule is Cc1c(CNCC(=O)OC(C)(C)C)cc(N2CCN(C(=O)OCC3c4ccccc4-c4ccccc43)CC2)cc1C(=O)O. The summed E-state index contributed by atoms with van der Waals surface area (Å²) < 4.78 is 11.2. The quantitative estimate of drug-likeness (QED) is 0.348. The number of hydrogen-bond donors (Lipinski definition) is 2. The fourth-order valence-corrected chi connectivity index (χ4v) is 5.86. The van der Waals surface area contributed by atoms with Gasteiger partial charge < -0.3 is 29.7 Å². The predicted molar refractivity (Wildman–Crippen MR) is 165 cm³/mol. The van der Waals surface area contributed by atoms with E-state index in [-0.39, 0.29) is 36.7 Å². The number of hydrogen-bond acceptors (Lipinski definition) is 7. The van der Waals surface area contributed by atoms with Crippen LogP contribution in [0.1, 0.15) is 59.3 Å². The molecule has 0 spiro atoms. The number of carboxylic acid groups (broad SMARTS) is 1. The van der Waals surface area contributed by atoms with Gasteiger partial charge in [0.05, 0.1) is 12.1 Å². The first-order chi connectivity index (χ1) is 20.5. The average molecular weight is 586 g/mol. The first kappa shape index (κ1) is 30.1. The highest BCUT2D eigenvalue weighted by Gasteiger charge is 2.30. The van der Waals surface area contributed by atoms with Crippen molar-refractivity contribution in [3.05, 3.63) is 88.5 Å². The molecule has 3 aromatic rings.